The average molecular weight is 357 g/mol. The quantitative estimate of drug-likeness (QED) is 0.577. The molecule has 1 aliphatic rings. The van der Waals surface area contributed by atoms with E-state index in [2.05, 4.69) is 0 Å². The highest BCUT2D eigenvalue weighted by Gasteiger charge is 2.35. The lowest BCUT2D eigenvalue weighted by molar-refractivity contribution is -0.434. The molecule has 0 fully saturated rings. The van der Waals surface area contributed by atoms with Gasteiger partial charge in [-0.05, 0) is 25.1 Å². The first-order valence-corrected chi connectivity index (χ1v) is 8.09. The fraction of sp³-hybridized carbons (Fsp3) is 0.263. The second kappa shape index (κ2) is 7.35. The number of ether oxygens (including phenoxy) is 4. The molecule has 2 aromatic carbocycles. The fourth-order valence-electron chi connectivity index (χ4n) is 2.86. The Balaban J connectivity index is 2.08. The van der Waals surface area contributed by atoms with Crippen molar-refractivity contribution in [2.75, 3.05) is 20.8 Å². The number of nitrogens with zero attached hydrogens (tertiary/aromatic N) is 1. The van der Waals surface area contributed by atoms with Gasteiger partial charge >= 0.3 is 0 Å². The number of fused-ring (bicyclic) bond motifs is 1. The predicted octanol–water partition coefficient (Wildman–Crippen LogP) is 3.85. The number of benzene rings is 2. The summed E-state index contributed by atoms with van der Waals surface area (Å²) in [5.74, 6) is 2.04. The molecule has 0 bridgehead atoms. The van der Waals surface area contributed by atoms with Crippen molar-refractivity contribution in [3.8, 4) is 23.0 Å². The summed E-state index contributed by atoms with van der Waals surface area (Å²) in [4.78, 5) is 11.2. The zero-order chi connectivity index (χ0) is 18.7. The summed E-state index contributed by atoms with van der Waals surface area (Å²) in [7, 11) is 3.05. The van der Waals surface area contributed by atoms with Gasteiger partial charge in [-0.25, -0.2) is 0 Å². The minimum atomic E-state index is -0.890. The minimum absolute atomic E-state index is 0.0584. The van der Waals surface area contributed by atoms with Crippen molar-refractivity contribution in [2.24, 2.45) is 0 Å². The van der Waals surface area contributed by atoms with E-state index in [0.29, 0.717) is 40.7 Å². The van der Waals surface area contributed by atoms with E-state index in [9.17, 15) is 10.1 Å². The highest BCUT2D eigenvalue weighted by Crippen LogP contribution is 2.44. The van der Waals surface area contributed by atoms with Gasteiger partial charge in [-0.2, -0.15) is 0 Å². The van der Waals surface area contributed by atoms with Gasteiger partial charge in [-0.3, -0.25) is 10.1 Å². The molecule has 0 saturated heterocycles. The van der Waals surface area contributed by atoms with E-state index in [-0.39, 0.29) is 5.70 Å². The summed E-state index contributed by atoms with van der Waals surface area (Å²) in [6, 6.07) is 10.4. The highest BCUT2D eigenvalue weighted by molar-refractivity contribution is 5.66. The van der Waals surface area contributed by atoms with Crippen molar-refractivity contribution in [1.82, 2.24) is 0 Å². The Morgan fingerprint density at radius 3 is 2.54 bits per heavy atom. The van der Waals surface area contributed by atoms with Crippen molar-refractivity contribution in [1.29, 1.82) is 0 Å². The van der Waals surface area contributed by atoms with Crippen LogP contribution in [0, 0.1) is 10.1 Å². The largest absolute Gasteiger partial charge is 0.493 e. The van der Waals surface area contributed by atoms with Gasteiger partial charge in [0.25, 0.3) is 5.70 Å². The van der Waals surface area contributed by atoms with Crippen LogP contribution in [0.4, 0.5) is 0 Å². The number of hydrogen-bond acceptors (Lipinski definition) is 6. The van der Waals surface area contributed by atoms with Gasteiger partial charge in [0.2, 0.25) is 6.10 Å². The molecule has 1 aliphatic heterocycles. The number of hydrogen-bond donors (Lipinski definition) is 0. The van der Waals surface area contributed by atoms with E-state index in [0.717, 1.165) is 0 Å². The molecule has 0 spiro atoms. The van der Waals surface area contributed by atoms with Gasteiger partial charge in [0.1, 0.15) is 0 Å². The minimum Gasteiger partial charge on any atom is -0.493 e. The molecule has 0 aliphatic carbocycles. The summed E-state index contributed by atoms with van der Waals surface area (Å²) in [6.07, 6.45) is 0.618. The van der Waals surface area contributed by atoms with Crippen LogP contribution in [0.15, 0.2) is 42.1 Å². The third-order valence-corrected chi connectivity index (χ3v) is 4.04. The maximum atomic E-state index is 11.6. The maximum absolute atomic E-state index is 11.6. The molecule has 0 saturated carbocycles. The second-order valence-corrected chi connectivity index (χ2v) is 5.55. The van der Waals surface area contributed by atoms with Crippen LogP contribution in [0.1, 0.15) is 24.2 Å². The van der Waals surface area contributed by atoms with Gasteiger partial charge < -0.3 is 18.9 Å². The van der Waals surface area contributed by atoms with Crippen LogP contribution in [0.2, 0.25) is 0 Å². The van der Waals surface area contributed by atoms with Crippen molar-refractivity contribution < 1.29 is 23.9 Å². The highest BCUT2D eigenvalue weighted by atomic mass is 16.6. The molecule has 1 heterocycles. The number of rotatable bonds is 6. The second-order valence-electron chi connectivity index (χ2n) is 5.55. The number of para-hydroxylation sites is 1. The molecule has 1 unspecified atom stereocenters. The smallest absolute Gasteiger partial charge is 0.291 e. The van der Waals surface area contributed by atoms with Gasteiger partial charge in [0, 0.05) is 17.2 Å². The normalized spacial score (nSPS) is 15.3. The van der Waals surface area contributed by atoms with Crippen LogP contribution >= 0.6 is 0 Å². The van der Waals surface area contributed by atoms with Crippen LogP contribution in [-0.4, -0.2) is 25.7 Å². The van der Waals surface area contributed by atoms with Crippen LogP contribution in [0.25, 0.3) is 6.08 Å². The molecule has 3 rings (SSSR count). The lowest BCUT2D eigenvalue weighted by Crippen LogP contribution is -2.20. The molecular weight excluding hydrogens is 338 g/mol. The standard InChI is InChI=1S/C19H19NO6/c1-4-25-15-9-8-13(11-17(15)24-3)18-14(20(21)22)10-12-6-5-7-16(23-2)19(12)26-18/h5-11,18H,4H2,1-3H3. The van der Waals surface area contributed by atoms with Gasteiger partial charge in [0.05, 0.1) is 25.7 Å². The molecular formula is C19H19NO6. The van der Waals surface area contributed by atoms with Crippen molar-refractivity contribution in [2.45, 2.75) is 13.0 Å². The number of nitro groups is 1. The van der Waals surface area contributed by atoms with Crippen LogP contribution in [-0.2, 0) is 0 Å². The summed E-state index contributed by atoms with van der Waals surface area (Å²) in [5.41, 5.74) is 1.13. The lowest BCUT2D eigenvalue weighted by Gasteiger charge is -2.24. The Morgan fingerprint density at radius 1 is 1.12 bits per heavy atom. The van der Waals surface area contributed by atoms with E-state index >= 15 is 0 Å². The summed E-state index contributed by atoms with van der Waals surface area (Å²) in [6.45, 7) is 2.36. The third-order valence-electron chi connectivity index (χ3n) is 4.04. The Kier molecular flexibility index (Phi) is 4.97. The fourth-order valence-corrected chi connectivity index (χ4v) is 2.86. The van der Waals surface area contributed by atoms with Crippen molar-refractivity contribution >= 4 is 6.08 Å². The zero-order valence-electron chi connectivity index (χ0n) is 14.7. The van der Waals surface area contributed by atoms with Gasteiger partial charge in [0.15, 0.2) is 23.0 Å². The molecule has 0 radical (unpaired) electrons. The van der Waals surface area contributed by atoms with Crippen LogP contribution in [0.3, 0.4) is 0 Å². The Labute approximate surface area is 150 Å². The van der Waals surface area contributed by atoms with Gasteiger partial charge in [-0.15, -0.1) is 0 Å². The lowest BCUT2D eigenvalue weighted by atomic mass is 10.0. The molecule has 0 aromatic heterocycles. The first-order valence-electron chi connectivity index (χ1n) is 8.09. The summed E-state index contributed by atoms with van der Waals surface area (Å²) in [5, 5.41) is 11.6. The predicted molar refractivity (Wildman–Crippen MR) is 95.5 cm³/mol. The molecule has 0 amide bonds. The Morgan fingerprint density at radius 2 is 1.88 bits per heavy atom. The van der Waals surface area contributed by atoms with E-state index in [1.165, 1.54) is 20.3 Å². The van der Waals surface area contributed by atoms with Crippen LogP contribution in [0.5, 0.6) is 23.0 Å². The molecule has 7 nitrogen and oxygen atoms in total. The molecule has 26 heavy (non-hydrogen) atoms. The SMILES string of the molecule is CCOc1ccc(C2Oc3c(cccc3OC)C=C2[N+](=O)[O-])cc1OC. The van der Waals surface area contributed by atoms with E-state index < -0.39 is 11.0 Å². The molecule has 0 N–H and O–H groups in total. The monoisotopic (exact) mass is 357 g/mol. The van der Waals surface area contributed by atoms with E-state index in [1.807, 2.05) is 6.92 Å². The topological polar surface area (TPSA) is 80.1 Å². The first-order chi connectivity index (χ1) is 12.6. The molecule has 1 atom stereocenters. The zero-order valence-corrected chi connectivity index (χ0v) is 14.7. The molecule has 2 aromatic rings. The Bertz CT molecular complexity index is 861. The molecule has 136 valence electrons. The van der Waals surface area contributed by atoms with Gasteiger partial charge in [-0.1, -0.05) is 18.2 Å². The average Bonchev–Trinajstić information content (AvgIpc) is 2.66. The third kappa shape index (κ3) is 3.15. The van der Waals surface area contributed by atoms with Crippen LogP contribution < -0.4 is 18.9 Å². The number of methoxy groups -OCH3 is 2. The summed E-state index contributed by atoms with van der Waals surface area (Å²) < 4.78 is 22.1. The van der Waals surface area contributed by atoms with Crippen molar-refractivity contribution in [3.05, 3.63) is 63.3 Å². The Hall–Kier alpha value is -3.22. The maximum Gasteiger partial charge on any atom is 0.291 e. The first kappa shape index (κ1) is 17.6. The van der Waals surface area contributed by atoms with E-state index in [1.54, 1.807) is 36.4 Å². The summed E-state index contributed by atoms with van der Waals surface area (Å²) >= 11 is 0. The van der Waals surface area contributed by atoms with Crippen molar-refractivity contribution in [3.63, 3.8) is 0 Å². The van der Waals surface area contributed by atoms with E-state index in [4.69, 9.17) is 18.9 Å². The molecule has 7 heteroatoms.